The van der Waals surface area contributed by atoms with Crippen LogP contribution in [0.25, 0.3) is 0 Å². The fraction of sp³-hybridized carbons (Fsp3) is 0.791. The lowest BCUT2D eigenvalue weighted by Gasteiger charge is -2.30. The highest BCUT2D eigenvalue weighted by atomic mass is 31.2. The van der Waals surface area contributed by atoms with Gasteiger partial charge in [-0.05, 0) is 83.1 Å². The zero-order valence-electron chi connectivity index (χ0n) is 51.2. The van der Waals surface area contributed by atoms with E-state index in [9.17, 15) is 19.0 Å². The second-order valence-corrected chi connectivity index (χ2v) is 24.4. The summed E-state index contributed by atoms with van der Waals surface area (Å²) in [5.41, 5.74) is 0. The van der Waals surface area contributed by atoms with Gasteiger partial charge in [-0.1, -0.05) is 267 Å². The number of carbonyl (C=O) groups excluding carboxylic acids is 2. The number of hydrogen-bond acceptors (Lipinski definition) is 7. The minimum atomic E-state index is -4.70. The second kappa shape index (κ2) is 56.7. The Kier molecular flexibility index (Phi) is 54.8. The zero-order chi connectivity index (χ0) is 56.4. The molecule has 0 saturated carbocycles. The van der Waals surface area contributed by atoms with E-state index in [-0.39, 0.29) is 24.9 Å². The molecule has 0 rings (SSSR count). The van der Waals surface area contributed by atoms with Crippen molar-refractivity contribution in [1.82, 2.24) is 5.32 Å². The molecular formula is C67H123N2O7P. The van der Waals surface area contributed by atoms with E-state index >= 15 is 0 Å². The molecule has 0 aromatic carbocycles. The van der Waals surface area contributed by atoms with Gasteiger partial charge in [0.1, 0.15) is 19.3 Å². The van der Waals surface area contributed by atoms with Gasteiger partial charge in [-0.2, -0.15) is 0 Å². The number of allylic oxidation sites excluding steroid dienone is 11. The number of phosphoric acid groups is 1. The van der Waals surface area contributed by atoms with Crippen LogP contribution in [0.2, 0.25) is 0 Å². The third-order valence-electron chi connectivity index (χ3n) is 14.2. The number of amides is 1. The van der Waals surface area contributed by atoms with Gasteiger partial charge >= 0.3 is 5.97 Å². The third kappa shape index (κ3) is 57.9. The summed E-state index contributed by atoms with van der Waals surface area (Å²) in [6.45, 7) is 6.70. The molecule has 0 heterocycles. The van der Waals surface area contributed by atoms with Crippen LogP contribution in [0.1, 0.15) is 290 Å². The number of likely N-dealkylation sites (N-methyl/N-ethyl adjacent to an activating group) is 1. The van der Waals surface area contributed by atoms with Crippen LogP contribution in [0, 0.1) is 0 Å². The van der Waals surface area contributed by atoms with E-state index in [1.165, 1.54) is 173 Å². The van der Waals surface area contributed by atoms with Crippen molar-refractivity contribution in [2.75, 3.05) is 40.9 Å². The minimum absolute atomic E-state index is 0.0261. The molecule has 77 heavy (non-hydrogen) atoms. The normalized spacial score (nSPS) is 14.1. The molecule has 0 bridgehead atoms. The Bertz CT molecular complexity index is 1550. The number of carbonyl (C=O) groups is 2. The van der Waals surface area contributed by atoms with E-state index in [1.54, 1.807) is 0 Å². The van der Waals surface area contributed by atoms with Crippen LogP contribution in [-0.4, -0.2) is 69.4 Å². The maximum absolute atomic E-state index is 13.6. The predicted molar refractivity (Wildman–Crippen MR) is 330 cm³/mol. The van der Waals surface area contributed by atoms with E-state index in [2.05, 4.69) is 86.8 Å². The van der Waals surface area contributed by atoms with Crippen LogP contribution in [0.15, 0.2) is 72.9 Å². The molecule has 0 aliphatic rings. The fourth-order valence-electron chi connectivity index (χ4n) is 9.20. The van der Waals surface area contributed by atoms with Crippen molar-refractivity contribution in [2.24, 2.45) is 0 Å². The maximum atomic E-state index is 13.6. The summed E-state index contributed by atoms with van der Waals surface area (Å²) in [5, 5.41) is 3.03. The van der Waals surface area contributed by atoms with Crippen LogP contribution >= 0.6 is 7.82 Å². The predicted octanol–water partition coefficient (Wildman–Crippen LogP) is 19.4. The van der Waals surface area contributed by atoms with Gasteiger partial charge < -0.3 is 28.5 Å². The van der Waals surface area contributed by atoms with Gasteiger partial charge in [0.05, 0.1) is 33.8 Å². The largest absolute Gasteiger partial charge is 0.756 e. The molecule has 3 atom stereocenters. The molecule has 0 aliphatic carbocycles. The van der Waals surface area contributed by atoms with Crippen molar-refractivity contribution in [3.8, 4) is 0 Å². The number of esters is 1. The molecule has 0 fully saturated rings. The first-order valence-electron chi connectivity index (χ1n) is 32.3. The Morgan fingerprint density at radius 3 is 1.36 bits per heavy atom. The van der Waals surface area contributed by atoms with E-state index < -0.39 is 26.6 Å². The minimum Gasteiger partial charge on any atom is -0.756 e. The molecule has 0 saturated heterocycles. The lowest BCUT2D eigenvalue weighted by molar-refractivity contribution is -0.870. The van der Waals surface area contributed by atoms with E-state index in [0.717, 1.165) is 83.5 Å². The molecule has 3 unspecified atom stereocenters. The van der Waals surface area contributed by atoms with Crippen LogP contribution < -0.4 is 10.2 Å². The summed E-state index contributed by atoms with van der Waals surface area (Å²) >= 11 is 0. The Morgan fingerprint density at radius 2 is 0.883 bits per heavy atom. The summed E-state index contributed by atoms with van der Waals surface area (Å²) in [4.78, 5) is 40.0. The lowest BCUT2D eigenvalue weighted by atomic mass is 10.0. The van der Waals surface area contributed by atoms with Gasteiger partial charge in [0, 0.05) is 12.8 Å². The second-order valence-electron chi connectivity index (χ2n) is 22.9. The molecule has 0 radical (unpaired) electrons. The number of ether oxygens (including phenoxy) is 1. The SMILES string of the molecule is CC/C=C/C=C/C=C/CCCCCCCCCC(=O)OC(/C=C\CCCCCCCCCCCCC)C(COP(=O)([O-])OCC[N+](C)(C)C)NC(=O)CCCCCCCCCCCCCCC/C=C\C/C=C\CCCCC. The van der Waals surface area contributed by atoms with E-state index in [0.29, 0.717) is 17.4 Å². The molecule has 9 nitrogen and oxygen atoms in total. The Balaban J connectivity index is 5.18. The van der Waals surface area contributed by atoms with Crippen LogP contribution in [0.5, 0.6) is 0 Å². The van der Waals surface area contributed by atoms with Crippen molar-refractivity contribution in [3.63, 3.8) is 0 Å². The highest BCUT2D eigenvalue weighted by Crippen LogP contribution is 2.38. The number of nitrogens with one attached hydrogen (secondary N) is 1. The monoisotopic (exact) mass is 1100 g/mol. The van der Waals surface area contributed by atoms with Gasteiger partial charge in [0.2, 0.25) is 5.91 Å². The Morgan fingerprint density at radius 1 is 0.481 bits per heavy atom. The summed E-state index contributed by atoms with van der Waals surface area (Å²) in [6, 6.07) is -0.896. The van der Waals surface area contributed by atoms with Crippen LogP contribution in [-0.2, 0) is 27.9 Å². The van der Waals surface area contributed by atoms with Crippen molar-refractivity contribution in [3.05, 3.63) is 72.9 Å². The van der Waals surface area contributed by atoms with E-state index in [4.69, 9.17) is 13.8 Å². The molecule has 0 aromatic rings. The van der Waals surface area contributed by atoms with Crippen LogP contribution in [0.3, 0.4) is 0 Å². The van der Waals surface area contributed by atoms with Gasteiger partial charge in [-0.25, -0.2) is 0 Å². The van der Waals surface area contributed by atoms with Crippen molar-refractivity contribution in [2.45, 2.75) is 303 Å². The lowest BCUT2D eigenvalue weighted by Crippen LogP contribution is -2.47. The number of hydrogen-bond donors (Lipinski definition) is 1. The van der Waals surface area contributed by atoms with Gasteiger partial charge in [0.15, 0.2) is 0 Å². The third-order valence-corrected chi connectivity index (χ3v) is 15.1. The fourth-order valence-corrected chi connectivity index (χ4v) is 9.92. The van der Waals surface area contributed by atoms with Gasteiger partial charge in [-0.15, -0.1) is 0 Å². The van der Waals surface area contributed by atoms with Crippen molar-refractivity contribution < 1.29 is 37.3 Å². The molecule has 1 N–H and O–H groups in total. The molecule has 448 valence electrons. The number of nitrogens with zero attached hydrogens (tertiary/aromatic N) is 1. The summed E-state index contributed by atoms with van der Waals surface area (Å²) in [7, 11) is 1.18. The first-order chi connectivity index (χ1) is 37.4. The summed E-state index contributed by atoms with van der Waals surface area (Å²) in [5.74, 6) is -0.551. The van der Waals surface area contributed by atoms with Crippen molar-refractivity contribution in [1.29, 1.82) is 0 Å². The summed E-state index contributed by atoms with van der Waals surface area (Å²) < 4.78 is 30.3. The first-order valence-corrected chi connectivity index (χ1v) is 33.7. The topological polar surface area (TPSA) is 114 Å². The molecule has 10 heteroatoms. The van der Waals surface area contributed by atoms with Gasteiger partial charge in [-0.3, -0.25) is 14.2 Å². The maximum Gasteiger partial charge on any atom is 0.306 e. The molecule has 0 aromatic heterocycles. The molecule has 1 amide bonds. The van der Waals surface area contributed by atoms with Crippen LogP contribution in [0.4, 0.5) is 0 Å². The average molecular weight is 1100 g/mol. The van der Waals surface area contributed by atoms with Gasteiger partial charge in [0.25, 0.3) is 7.82 Å². The first kappa shape index (κ1) is 74.5. The Labute approximate surface area is 476 Å². The molecule has 0 aliphatic heterocycles. The highest BCUT2D eigenvalue weighted by Gasteiger charge is 2.27. The smallest absolute Gasteiger partial charge is 0.306 e. The molecular weight excluding hydrogens is 976 g/mol. The average Bonchev–Trinajstić information content (AvgIpc) is 3.39. The quantitative estimate of drug-likeness (QED) is 0.0161. The number of phosphoric ester groups is 1. The van der Waals surface area contributed by atoms with Crippen molar-refractivity contribution >= 4 is 19.7 Å². The highest BCUT2D eigenvalue weighted by molar-refractivity contribution is 7.45. The standard InChI is InChI=1S/C67H123N2O7P/c1-7-10-13-16-19-22-25-28-30-31-32-33-34-35-36-37-39-41-44-47-50-53-56-59-66(70)68-64(63-75-77(72,73)74-62-61-69(4,5)6)65(58-55-52-49-46-43-40-27-24-21-18-15-12-9-3)76-67(71)60-57-54-51-48-45-42-38-29-26-23-20-17-14-11-8-2/h11,14,17,19-20,22-23,26,28,30,55,58,64-65H,7-10,12-13,15-16,18,21,24-25,27,29,31-54,56-57,59-63H2,1-6H3,(H-,68,70,72,73)/b14-11+,20-17+,22-19-,26-23+,30-28-,58-55-. The van der Waals surface area contributed by atoms with E-state index in [1.807, 2.05) is 33.3 Å². The zero-order valence-corrected chi connectivity index (χ0v) is 52.0. The number of quaternary nitrogens is 1. The molecule has 0 spiro atoms. The number of unbranched alkanes of at least 4 members (excludes halogenated alkanes) is 34. The number of rotatable bonds is 58. The Hall–Kier alpha value is -2.55. The summed E-state index contributed by atoms with van der Waals surface area (Å²) in [6.07, 6.45) is 73.0.